The molecule has 0 fully saturated rings. The van der Waals surface area contributed by atoms with Crippen LogP contribution in [0.2, 0.25) is 10.0 Å². The van der Waals surface area contributed by atoms with Gasteiger partial charge >= 0.3 is 12.1 Å². The first-order chi connectivity index (χ1) is 14.6. The van der Waals surface area contributed by atoms with Crippen LogP contribution < -0.4 is 4.74 Å². The lowest BCUT2D eigenvalue weighted by Gasteiger charge is -2.36. The van der Waals surface area contributed by atoms with Gasteiger partial charge in [0, 0.05) is 22.2 Å². The summed E-state index contributed by atoms with van der Waals surface area (Å²) in [5.41, 5.74) is 1.62. The van der Waals surface area contributed by atoms with Gasteiger partial charge in [0.25, 0.3) is 0 Å². The number of esters is 1. The van der Waals surface area contributed by atoms with Crippen molar-refractivity contribution in [3.8, 4) is 5.75 Å². The monoisotopic (exact) mass is 465 g/mol. The zero-order valence-corrected chi connectivity index (χ0v) is 19.4. The molecule has 1 amide bonds. The van der Waals surface area contributed by atoms with Crippen LogP contribution in [0.25, 0.3) is 0 Å². The number of methoxy groups -OCH3 is 1. The Morgan fingerprint density at radius 1 is 1.13 bits per heavy atom. The van der Waals surface area contributed by atoms with E-state index in [1.165, 1.54) is 12.0 Å². The molecule has 1 atom stereocenters. The van der Waals surface area contributed by atoms with E-state index in [-0.39, 0.29) is 6.61 Å². The van der Waals surface area contributed by atoms with Crippen molar-refractivity contribution in [2.75, 3.05) is 13.7 Å². The van der Waals surface area contributed by atoms with Crippen molar-refractivity contribution in [1.29, 1.82) is 0 Å². The molecule has 2 aromatic carbocycles. The standard InChI is InChI=1S/C23H25Cl2NO5/c1-23(2,3)31-22(28)26-11-10-14-12-15(8-9-16(14)20(26)21(27)29-4)30-13-17-18(24)6-5-7-19(17)25/h5-9,12,20H,10-11,13H2,1-4H3/t20-/m1/s1. The van der Waals surface area contributed by atoms with Crippen LogP contribution in [-0.2, 0) is 27.3 Å². The predicted molar refractivity (Wildman–Crippen MR) is 119 cm³/mol. The second-order valence-corrected chi connectivity index (χ2v) is 9.01. The Labute approximate surface area is 192 Å². The highest BCUT2D eigenvalue weighted by molar-refractivity contribution is 6.35. The smallest absolute Gasteiger partial charge is 0.411 e. The largest absolute Gasteiger partial charge is 0.489 e. The van der Waals surface area contributed by atoms with Gasteiger partial charge in [-0.2, -0.15) is 0 Å². The molecule has 3 rings (SSSR count). The van der Waals surface area contributed by atoms with E-state index >= 15 is 0 Å². The van der Waals surface area contributed by atoms with E-state index in [2.05, 4.69) is 0 Å². The third-order valence-electron chi connectivity index (χ3n) is 4.84. The molecule has 31 heavy (non-hydrogen) atoms. The van der Waals surface area contributed by atoms with Gasteiger partial charge in [-0.1, -0.05) is 35.3 Å². The summed E-state index contributed by atoms with van der Waals surface area (Å²) in [4.78, 5) is 26.6. The number of carbonyl (C=O) groups is 2. The molecule has 166 valence electrons. The molecule has 0 saturated heterocycles. The molecule has 0 radical (unpaired) electrons. The maximum Gasteiger partial charge on any atom is 0.411 e. The molecule has 0 N–H and O–H groups in total. The average molecular weight is 466 g/mol. The number of benzene rings is 2. The van der Waals surface area contributed by atoms with E-state index in [0.29, 0.717) is 39.9 Å². The normalized spacial score (nSPS) is 15.8. The predicted octanol–water partition coefficient (Wildman–Crippen LogP) is 5.58. The summed E-state index contributed by atoms with van der Waals surface area (Å²) in [7, 11) is 1.30. The zero-order valence-electron chi connectivity index (χ0n) is 17.9. The maximum atomic E-state index is 12.7. The first-order valence-electron chi connectivity index (χ1n) is 9.86. The van der Waals surface area contributed by atoms with Crippen LogP contribution in [0.3, 0.4) is 0 Å². The second-order valence-electron chi connectivity index (χ2n) is 8.20. The highest BCUT2D eigenvalue weighted by Gasteiger charge is 2.39. The van der Waals surface area contributed by atoms with E-state index in [4.69, 9.17) is 37.4 Å². The van der Waals surface area contributed by atoms with Gasteiger partial charge in [0.05, 0.1) is 7.11 Å². The number of amides is 1. The quantitative estimate of drug-likeness (QED) is 0.551. The first-order valence-corrected chi connectivity index (χ1v) is 10.6. The Kier molecular flexibility index (Phi) is 7.02. The molecule has 0 aliphatic carbocycles. The molecule has 0 saturated carbocycles. The third kappa shape index (κ3) is 5.43. The molecule has 0 spiro atoms. The summed E-state index contributed by atoms with van der Waals surface area (Å²) < 4.78 is 16.3. The molecule has 1 aliphatic heterocycles. The van der Waals surface area contributed by atoms with Crippen molar-refractivity contribution in [3.63, 3.8) is 0 Å². The lowest BCUT2D eigenvalue weighted by Crippen LogP contribution is -2.46. The number of ether oxygens (including phenoxy) is 3. The summed E-state index contributed by atoms with van der Waals surface area (Å²) >= 11 is 12.4. The number of nitrogens with zero attached hydrogens (tertiary/aromatic N) is 1. The van der Waals surface area contributed by atoms with Crippen molar-refractivity contribution in [2.24, 2.45) is 0 Å². The Hall–Kier alpha value is -2.44. The minimum Gasteiger partial charge on any atom is -0.489 e. The van der Waals surface area contributed by atoms with Gasteiger partial charge in [0.15, 0.2) is 6.04 Å². The van der Waals surface area contributed by atoms with Crippen LogP contribution in [0.15, 0.2) is 36.4 Å². The lowest BCUT2D eigenvalue weighted by atomic mass is 9.92. The Bertz CT molecular complexity index is 966. The van der Waals surface area contributed by atoms with Crippen LogP contribution >= 0.6 is 23.2 Å². The van der Waals surface area contributed by atoms with E-state index < -0.39 is 23.7 Å². The number of fused-ring (bicyclic) bond motifs is 1. The minimum atomic E-state index is -0.879. The average Bonchev–Trinajstić information content (AvgIpc) is 2.70. The van der Waals surface area contributed by atoms with Crippen molar-refractivity contribution >= 4 is 35.3 Å². The van der Waals surface area contributed by atoms with Gasteiger partial charge in [-0.15, -0.1) is 0 Å². The second kappa shape index (κ2) is 9.37. The van der Waals surface area contributed by atoms with Gasteiger partial charge in [-0.3, -0.25) is 4.90 Å². The molecule has 0 unspecified atom stereocenters. The molecule has 8 heteroatoms. The van der Waals surface area contributed by atoms with Crippen LogP contribution in [0.5, 0.6) is 5.75 Å². The fraction of sp³-hybridized carbons (Fsp3) is 0.391. The molecule has 1 heterocycles. The van der Waals surface area contributed by atoms with Gasteiger partial charge in [0.1, 0.15) is 18.0 Å². The summed E-state index contributed by atoms with van der Waals surface area (Å²) in [5, 5.41) is 1.06. The van der Waals surface area contributed by atoms with Crippen molar-refractivity contribution < 1.29 is 23.8 Å². The van der Waals surface area contributed by atoms with Crippen molar-refractivity contribution in [3.05, 3.63) is 63.1 Å². The number of rotatable bonds is 4. The fourth-order valence-corrected chi connectivity index (χ4v) is 3.91. The molecular formula is C23H25Cl2NO5. The van der Waals surface area contributed by atoms with Crippen LogP contribution in [0, 0.1) is 0 Å². The molecular weight excluding hydrogens is 441 g/mol. The van der Waals surface area contributed by atoms with E-state index in [1.54, 1.807) is 51.1 Å². The SMILES string of the molecule is COC(=O)[C@H]1c2ccc(OCc3c(Cl)cccc3Cl)cc2CCN1C(=O)OC(C)(C)C. The van der Waals surface area contributed by atoms with E-state index in [9.17, 15) is 9.59 Å². The highest BCUT2D eigenvalue weighted by Crippen LogP contribution is 2.35. The van der Waals surface area contributed by atoms with Crippen LogP contribution in [0.1, 0.15) is 43.5 Å². The number of hydrogen-bond acceptors (Lipinski definition) is 5. The van der Waals surface area contributed by atoms with Crippen LogP contribution in [0.4, 0.5) is 4.79 Å². The number of hydrogen-bond donors (Lipinski definition) is 0. The van der Waals surface area contributed by atoms with E-state index in [0.717, 1.165) is 5.56 Å². The molecule has 0 aromatic heterocycles. The summed E-state index contributed by atoms with van der Waals surface area (Å²) in [6.45, 7) is 5.88. The molecule has 2 aromatic rings. The maximum absolute atomic E-state index is 12.7. The van der Waals surface area contributed by atoms with Gasteiger partial charge in [0.2, 0.25) is 0 Å². The fourth-order valence-electron chi connectivity index (χ4n) is 3.40. The summed E-state index contributed by atoms with van der Waals surface area (Å²) in [5.74, 6) is 0.0902. The van der Waals surface area contributed by atoms with E-state index in [1.807, 2.05) is 6.07 Å². The van der Waals surface area contributed by atoms with Gasteiger partial charge < -0.3 is 14.2 Å². The summed E-state index contributed by atoms with van der Waals surface area (Å²) in [6, 6.07) is 9.79. The van der Waals surface area contributed by atoms with Crippen molar-refractivity contribution in [1.82, 2.24) is 4.90 Å². The Morgan fingerprint density at radius 2 is 1.81 bits per heavy atom. The lowest BCUT2D eigenvalue weighted by molar-refractivity contribution is -0.147. The first kappa shape index (κ1) is 23.2. The molecule has 6 nitrogen and oxygen atoms in total. The van der Waals surface area contributed by atoms with Gasteiger partial charge in [-0.25, -0.2) is 9.59 Å². The molecule has 0 bridgehead atoms. The highest BCUT2D eigenvalue weighted by atomic mass is 35.5. The van der Waals surface area contributed by atoms with Gasteiger partial charge in [-0.05, 0) is 62.6 Å². The summed E-state index contributed by atoms with van der Waals surface area (Å²) in [6.07, 6.45) is -0.00575. The number of carbonyl (C=O) groups excluding carboxylic acids is 2. The molecule has 1 aliphatic rings. The van der Waals surface area contributed by atoms with Crippen molar-refractivity contribution in [2.45, 2.75) is 45.4 Å². The minimum absolute atomic E-state index is 0.210. The number of halogens is 2. The Balaban J connectivity index is 1.84. The Morgan fingerprint density at radius 3 is 2.42 bits per heavy atom. The zero-order chi connectivity index (χ0) is 22.8. The third-order valence-corrected chi connectivity index (χ3v) is 5.55. The topological polar surface area (TPSA) is 65.1 Å². The van der Waals surface area contributed by atoms with Crippen LogP contribution in [-0.4, -0.2) is 36.2 Å².